The molecule has 0 bridgehead atoms. The van der Waals surface area contributed by atoms with Crippen molar-refractivity contribution in [3.63, 3.8) is 0 Å². The molecule has 0 heterocycles. The van der Waals surface area contributed by atoms with Gasteiger partial charge in [-0.3, -0.25) is 0 Å². The van der Waals surface area contributed by atoms with Gasteiger partial charge in [-0.1, -0.05) is 18.2 Å². The van der Waals surface area contributed by atoms with Crippen molar-refractivity contribution < 1.29 is 14.3 Å². The molecule has 14 heavy (non-hydrogen) atoms. The number of carboxylic acids is 1. The van der Waals surface area contributed by atoms with E-state index in [9.17, 15) is 9.18 Å². The molecule has 0 unspecified atom stereocenters. The smallest absolute Gasteiger partial charge is 0.338 e. The molecule has 0 aliphatic heterocycles. The maximum atomic E-state index is 13.1. The van der Waals surface area contributed by atoms with Crippen LogP contribution in [0, 0.1) is 5.82 Å². The van der Waals surface area contributed by atoms with E-state index in [4.69, 9.17) is 16.7 Å². The fourth-order valence-electron chi connectivity index (χ4n) is 0.989. The first-order chi connectivity index (χ1) is 6.65. The Labute approximate surface area is 85.6 Å². The number of rotatable bonds is 3. The molecule has 0 amide bonds. The van der Waals surface area contributed by atoms with Gasteiger partial charge in [-0.25, -0.2) is 9.18 Å². The van der Waals surface area contributed by atoms with Gasteiger partial charge >= 0.3 is 5.97 Å². The molecule has 0 radical (unpaired) electrons. The highest BCUT2D eigenvalue weighted by atomic mass is 35.5. The quantitative estimate of drug-likeness (QED) is 0.786. The van der Waals surface area contributed by atoms with Crippen LogP contribution < -0.4 is 0 Å². The Morgan fingerprint density at radius 1 is 1.57 bits per heavy atom. The van der Waals surface area contributed by atoms with Crippen LogP contribution in [0.1, 0.15) is 15.9 Å². The lowest BCUT2D eigenvalue weighted by molar-refractivity contribution is 0.0692. The second-order valence-corrected chi connectivity index (χ2v) is 2.91. The summed E-state index contributed by atoms with van der Waals surface area (Å²) < 4.78 is 13.1. The minimum atomic E-state index is -1.27. The molecule has 1 rings (SSSR count). The van der Waals surface area contributed by atoms with Gasteiger partial charge in [0.2, 0.25) is 0 Å². The number of aromatic carboxylic acids is 1. The highest BCUT2D eigenvalue weighted by Crippen LogP contribution is 2.11. The largest absolute Gasteiger partial charge is 0.478 e. The van der Waals surface area contributed by atoms with Crippen molar-refractivity contribution in [1.29, 1.82) is 0 Å². The molecule has 1 aromatic rings. The molecule has 74 valence electrons. The van der Waals surface area contributed by atoms with Crippen LogP contribution in [-0.4, -0.2) is 17.0 Å². The maximum Gasteiger partial charge on any atom is 0.338 e. The summed E-state index contributed by atoms with van der Waals surface area (Å²) in [7, 11) is 0. The monoisotopic (exact) mass is 214 g/mol. The second-order valence-electron chi connectivity index (χ2n) is 2.60. The first kappa shape index (κ1) is 10.7. The molecule has 0 saturated carbocycles. The Morgan fingerprint density at radius 3 is 2.79 bits per heavy atom. The normalized spacial score (nSPS) is 10.7. The fourth-order valence-corrected chi connectivity index (χ4v) is 1.08. The van der Waals surface area contributed by atoms with Gasteiger partial charge in [0.25, 0.3) is 0 Å². The fraction of sp³-hybridized carbons (Fsp3) is 0.100. The highest BCUT2D eigenvalue weighted by molar-refractivity contribution is 6.19. The van der Waals surface area contributed by atoms with Gasteiger partial charge in [0.15, 0.2) is 0 Å². The second kappa shape index (κ2) is 4.77. The van der Waals surface area contributed by atoms with Crippen molar-refractivity contribution in [3.05, 3.63) is 41.2 Å². The molecule has 0 saturated heterocycles. The molecule has 4 heteroatoms. The summed E-state index contributed by atoms with van der Waals surface area (Å²) in [6.07, 6.45) is 3.28. The zero-order chi connectivity index (χ0) is 10.6. The van der Waals surface area contributed by atoms with E-state index in [1.165, 1.54) is 12.1 Å². The van der Waals surface area contributed by atoms with E-state index >= 15 is 0 Å². The van der Waals surface area contributed by atoms with E-state index in [1.54, 1.807) is 12.2 Å². The van der Waals surface area contributed by atoms with Crippen molar-refractivity contribution in [1.82, 2.24) is 0 Å². The lowest BCUT2D eigenvalue weighted by atomic mass is 10.1. The number of carbonyl (C=O) groups is 1. The summed E-state index contributed by atoms with van der Waals surface area (Å²) in [6, 6.07) is 3.91. The molecule has 0 aliphatic rings. The van der Waals surface area contributed by atoms with Crippen molar-refractivity contribution in [3.8, 4) is 0 Å². The minimum Gasteiger partial charge on any atom is -0.478 e. The zero-order valence-corrected chi connectivity index (χ0v) is 7.96. The van der Waals surface area contributed by atoms with Gasteiger partial charge in [0.05, 0.1) is 5.56 Å². The van der Waals surface area contributed by atoms with Gasteiger partial charge in [0.1, 0.15) is 5.82 Å². The van der Waals surface area contributed by atoms with Gasteiger partial charge < -0.3 is 5.11 Å². The molecule has 1 aromatic carbocycles. The van der Waals surface area contributed by atoms with Gasteiger partial charge in [0, 0.05) is 5.88 Å². The predicted octanol–water partition coefficient (Wildman–Crippen LogP) is 2.78. The number of alkyl halides is 1. The molecular formula is C10H8ClFO2. The minimum absolute atomic E-state index is 0.326. The summed E-state index contributed by atoms with van der Waals surface area (Å²) in [4.78, 5) is 10.5. The zero-order valence-electron chi connectivity index (χ0n) is 7.21. The Kier molecular flexibility index (Phi) is 3.65. The van der Waals surface area contributed by atoms with Crippen molar-refractivity contribution in [2.24, 2.45) is 0 Å². The highest BCUT2D eigenvalue weighted by Gasteiger charge is 2.08. The first-order valence-corrected chi connectivity index (χ1v) is 4.44. The number of carboxylic acid groups (broad SMARTS) is 1. The van der Waals surface area contributed by atoms with E-state index in [0.717, 1.165) is 6.07 Å². The van der Waals surface area contributed by atoms with Crippen LogP contribution in [0.3, 0.4) is 0 Å². The van der Waals surface area contributed by atoms with Crippen LogP contribution in [0.4, 0.5) is 4.39 Å². The Bertz CT molecular complexity index is 374. The number of hydrogen-bond donors (Lipinski definition) is 1. The first-order valence-electron chi connectivity index (χ1n) is 3.90. The molecule has 0 aliphatic carbocycles. The van der Waals surface area contributed by atoms with Crippen LogP contribution in [0.25, 0.3) is 6.08 Å². The molecule has 0 atom stereocenters. The average molecular weight is 215 g/mol. The summed E-state index contributed by atoms with van der Waals surface area (Å²) in [5, 5.41) is 8.55. The van der Waals surface area contributed by atoms with Crippen molar-refractivity contribution >= 4 is 23.6 Å². The third kappa shape index (κ3) is 2.57. The van der Waals surface area contributed by atoms with E-state index in [2.05, 4.69) is 0 Å². The standard InChI is InChI=1S/C10H8ClFO2/c11-5-1-2-7-3-4-8(10(13)14)9(12)6-7/h1-4,6H,5H2,(H,13,14). The van der Waals surface area contributed by atoms with Crippen LogP contribution in [0.15, 0.2) is 24.3 Å². The van der Waals surface area contributed by atoms with Crippen LogP contribution in [-0.2, 0) is 0 Å². The molecule has 0 spiro atoms. The van der Waals surface area contributed by atoms with E-state index in [1.807, 2.05) is 0 Å². The Balaban J connectivity index is 3.00. The summed E-state index contributed by atoms with van der Waals surface area (Å²) in [6.45, 7) is 0. The van der Waals surface area contributed by atoms with Gasteiger partial charge in [-0.2, -0.15) is 0 Å². The summed E-state index contributed by atoms with van der Waals surface area (Å²) in [5.41, 5.74) is 0.265. The third-order valence-corrected chi connectivity index (χ3v) is 1.80. The number of hydrogen-bond acceptors (Lipinski definition) is 1. The van der Waals surface area contributed by atoms with Gasteiger partial charge in [-0.05, 0) is 17.7 Å². The predicted molar refractivity (Wildman–Crippen MR) is 53.1 cm³/mol. The van der Waals surface area contributed by atoms with E-state index < -0.39 is 11.8 Å². The lowest BCUT2D eigenvalue weighted by Gasteiger charge is -1.98. The van der Waals surface area contributed by atoms with Crippen LogP contribution >= 0.6 is 11.6 Å². The lowest BCUT2D eigenvalue weighted by Crippen LogP contribution is -2.00. The molecule has 1 N–H and O–H groups in total. The Hall–Kier alpha value is -1.35. The maximum absolute atomic E-state index is 13.1. The van der Waals surface area contributed by atoms with E-state index in [-0.39, 0.29) is 5.56 Å². The average Bonchev–Trinajstić information content (AvgIpc) is 2.14. The number of allylic oxidation sites excluding steroid dienone is 1. The molecule has 0 aromatic heterocycles. The number of halogens is 2. The van der Waals surface area contributed by atoms with Crippen LogP contribution in [0.2, 0.25) is 0 Å². The van der Waals surface area contributed by atoms with E-state index in [0.29, 0.717) is 11.4 Å². The summed E-state index contributed by atoms with van der Waals surface area (Å²) in [5.74, 6) is -1.67. The molecule has 2 nitrogen and oxygen atoms in total. The van der Waals surface area contributed by atoms with Crippen molar-refractivity contribution in [2.75, 3.05) is 5.88 Å². The third-order valence-electron chi connectivity index (χ3n) is 1.62. The topological polar surface area (TPSA) is 37.3 Å². The number of benzene rings is 1. The SMILES string of the molecule is O=C(O)c1ccc(C=CCCl)cc1F. The van der Waals surface area contributed by atoms with Crippen molar-refractivity contribution in [2.45, 2.75) is 0 Å². The molecular weight excluding hydrogens is 207 g/mol. The molecule has 0 fully saturated rings. The summed E-state index contributed by atoms with van der Waals surface area (Å²) >= 11 is 5.40. The van der Waals surface area contributed by atoms with Gasteiger partial charge in [-0.15, -0.1) is 11.6 Å². The Morgan fingerprint density at radius 2 is 2.29 bits per heavy atom. The van der Waals surface area contributed by atoms with Crippen LogP contribution in [0.5, 0.6) is 0 Å².